The van der Waals surface area contributed by atoms with Crippen molar-refractivity contribution in [3.63, 3.8) is 0 Å². The fourth-order valence-corrected chi connectivity index (χ4v) is 1.30. The van der Waals surface area contributed by atoms with Gasteiger partial charge in [-0.05, 0) is 0 Å². The summed E-state index contributed by atoms with van der Waals surface area (Å²) in [5.74, 6) is -1.29. The molecule has 2 N–H and O–H groups in total. The Morgan fingerprint density at radius 3 is 2.56 bits per heavy atom. The summed E-state index contributed by atoms with van der Waals surface area (Å²) in [5, 5.41) is 10.0. The monoisotopic (exact) mass is 251 g/mol. The molecule has 0 atom stereocenters. The van der Waals surface area contributed by atoms with E-state index in [1.54, 1.807) is 0 Å². The molecular weight excluding hydrogens is 248 g/mol. The van der Waals surface area contributed by atoms with E-state index in [1.165, 1.54) is 0 Å². The summed E-state index contributed by atoms with van der Waals surface area (Å²) in [6, 6.07) is 0. The normalized spacial score (nSPS) is 10.5. The third kappa shape index (κ3) is 2.06. The van der Waals surface area contributed by atoms with Crippen molar-refractivity contribution in [3.05, 3.63) is 32.6 Å². The number of rotatable bonds is 3. The summed E-state index contributed by atoms with van der Waals surface area (Å²) in [6.07, 6.45) is -2.61. The molecule has 0 fully saturated rings. The van der Waals surface area contributed by atoms with Crippen molar-refractivity contribution < 1.29 is 18.5 Å². The Balaban J connectivity index is 3.63. The van der Waals surface area contributed by atoms with E-state index in [0.29, 0.717) is 6.20 Å². The number of primary amides is 1. The minimum atomic E-state index is -3.15. The molecule has 1 aromatic rings. The first-order valence-electron chi connectivity index (χ1n) is 3.77. The predicted octanol–water partition coefficient (Wildman–Crippen LogP) is 1.68. The van der Waals surface area contributed by atoms with Gasteiger partial charge in [0.25, 0.3) is 18.0 Å². The first-order valence-corrected chi connectivity index (χ1v) is 4.14. The molecular formula is C7H4ClF2N3O3. The first kappa shape index (κ1) is 12.2. The molecule has 9 heteroatoms. The minimum absolute atomic E-state index is 0.539. The molecule has 0 saturated heterocycles. The molecule has 0 spiro atoms. The van der Waals surface area contributed by atoms with E-state index >= 15 is 0 Å². The smallest absolute Gasteiger partial charge is 0.295 e. The van der Waals surface area contributed by atoms with Gasteiger partial charge in [-0.2, -0.15) is 0 Å². The van der Waals surface area contributed by atoms with Crippen LogP contribution in [0.3, 0.4) is 0 Å². The lowest BCUT2D eigenvalue weighted by Crippen LogP contribution is -2.16. The zero-order chi connectivity index (χ0) is 12.5. The van der Waals surface area contributed by atoms with Crippen LogP contribution in [0.1, 0.15) is 22.3 Å². The van der Waals surface area contributed by atoms with Crippen molar-refractivity contribution in [3.8, 4) is 0 Å². The summed E-state index contributed by atoms with van der Waals surface area (Å²) < 4.78 is 24.8. The minimum Gasteiger partial charge on any atom is -0.365 e. The SMILES string of the molecule is NC(=O)c1c(Cl)ncc(C(F)F)c1[N+](=O)[O-]. The Kier molecular flexibility index (Phi) is 3.33. The summed E-state index contributed by atoms with van der Waals surface area (Å²) in [4.78, 5) is 23.6. The van der Waals surface area contributed by atoms with Gasteiger partial charge in [-0.3, -0.25) is 14.9 Å². The van der Waals surface area contributed by atoms with Crippen LogP contribution in [0.4, 0.5) is 14.5 Å². The maximum Gasteiger partial charge on any atom is 0.295 e. The van der Waals surface area contributed by atoms with E-state index in [2.05, 4.69) is 4.98 Å². The summed E-state index contributed by atoms with van der Waals surface area (Å²) in [6.45, 7) is 0. The number of nitrogens with two attached hydrogens (primary N) is 1. The number of nitro groups is 1. The van der Waals surface area contributed by atoms with Gasteiger partial charge in [-0.15, -0.1) is 0 Å². The second kappa shape index (κ2) is 4.35. The number of carbonyl (C=O) groups is 1. The lowest BCUT2D eigenvalue weighted by molar-refractivity contribution is -0.386. The molecule has 0 radical (unpaired) electrons. The highest BCUT2D eigenvalue weighted by Gasteiger charge is 2.31. The van der Waals surface area contributed by atoms with Gasteiger partial charge in [0.2, 0.25) is 0 Å². The lowest BCUT2D eigenvalue weighted by Gasteiger charge is -2.05. The fourth-order valence-electron chi connectivity index (χ4n) is 1.07. The van der Waals surface area contributed by atoms with Crippen molar-refractivity contribution in [1.29, 1.82) is 0 Å². The molecule has 0 aliphatic rings. The number of alkyl halides is 2. The summed E-state index contributed by atoms with van der Waals surface area (Å²) in [5.41, 5.74) is 1.89. The highest BCUT2D eigenvalue weighted by Crippen LogP contribution is 2.33. The van der Waals surface area contributed by atoms with E-state index in [1.807, 2.05) is 0 Å². The van der Waals surface area contributed by atoms with E-state index in [-0.39, 0.29) is 0 Å². The van der Waals surface area contributed by atoms with Crippen LogP contribution in [-0.2, 0) is 0 Å². The molecule has 1 heterocycles. The number of pyridine rings is 1. The molecule has 86 valence electrons. The number of carbonyl (C=O) groups excluding carboxylic acids is 1. The van der Waals surface area contributed by atoms with Gasteiger partial charge >= 0.3 is 0 Å². The van der Waals surface area contributed by atoms with Crippen LogP contribution in [0.25, 0.3) is 0 Å². The number of halogens is 3. The Hall–Kier alpha value is -1.83. The number of nitrogens with zero attached hydrogens (tertiary/aromatic N) is 2. The van der Waals surface area contributed by atoms with Crippen molar-refractivity contribution in [2.75, 3.05) is 0 Å². The number of aromatic nitrogens is 1. The van der Waals surface area contributed by atoms with Gasteiger partial charge in [-0.1, -0.05) is 11.6 Å². The van der Waals surface area contributed by atoms with Gasteiger partial charge in [0, 0.05) is 6.20 Å². The largest absolute Gasteiger partial charge is 0.365 e. The maximum atomic E-state index is 12.4. The van der Waals surface area contributed by atoms with Crippen LogP contribution in [0.15, 0.2) is 6.20 Å². The maximum absolute atomic E-state index is 12.4. The second-order valence-corrected chi connectivity index (χ2v) is 3.01. The number of hydrogen-bond acceptors (Lipinski definition) is 4. The molecule has 1 aromatic heterocycles. The van der Waals surface area contributed by atoms with Crippen LogP contribution in [0.2, 0.25) is 5.15 Å². The standard InChI is InChI=1S/C7H4ClF2N3O3/c8-5-3(7(11)14)4(13(15)16)2(1-12-5)6(9)10/h1,6H,(H2,11,14). The summed E-state index contributed by atoms with van der Waals surface area (Å²) >= 11 is 5.38. The van der Waals surface area contributed by atoms with Crippen molar-refractivity contribution in [2.24, 2.45) is 5.73 Å². The molecule has 0 aliphatic carbocycles. The van der Waals surface area contributed by atoms with E-state index < -0.39 is 39.2 Å². The zero-order valence-corrected chi connectivity index (χ0v) is 8.24. The number of hydrogen-bond donors (Lipinski definition) is 1. The van der Waals surface area contributed by atoms with Crippen molar-refractivity contribution in [2.45, 2.75) is 6.43 Å². The molecule has 0 aromatic carbocycles. The van der Waals surface area contributed by atoms with Crippen LogP contribution >= 0.6 is 11.6 Å². The molecule has 0 unspecified atom stereocenters. The van der Waals surface area contributed by atoms with Gasteiger partial charge in [-0.25, -0.2) is 13.8 Å². The Bertz CT molecular complexity index is 466. The van der Waals surface area contributed by atoms with Crippen molar-refractivity contribution >= 4 is 23.2 Å². The Morgan fingerprint density at radius 1 is 1.62 bits per heavy atom. The highest BCUT2D eigenvalue weighted by molar-refractivity contribution is 6.33. The lowest BCUT2D eigenvalue weighted by atomic mass is 10.1. The van der Waals surface area contributed by atoms with Gasteiger partial charge in [0.05, 0.1) is 4.92 Å². The molecule has 16 heavy (non-hydrogen) atoms. The van der Waals surface area contributed by atoms with E-state index in [0.717, 1.165) is 0 Å². The quantitative estimate of drug-likeness (QED) is 0.502. The molecule has 0 aliphatic heterocycles. The molecule has 0 bridgehead atoms. The van der Waals surface area contributed by atoms with Gasteiger partial charge in [0.1, 0.15) is 10.7 Å². The summed E-state index contributed by atoms with van der Waals surface area (Å²) in [7, 11) is 0. The Labute approximate surface area is 92.2 Å². The van der Waals surface area contributed by atoms with Crippen LogP contribution in [0, 0.1) is 10.1 Å². The van der Waals surface area contributed by atoms with Gasteiger partial charge in [0.15, 0.2) is 5.56 Å². The van der Waals surface area contributed by atoms with Gasteiger partial charge < -0.3 is 5.73 Å². The average Bonchev–Trinajstić information content (AvgIpc) is 2.15. The fraction of sp³-hybridized carbons (Fsp3) is 0.143. The van der Waals surface area contributed by atoms with E-state index in [9.17, 15) is 23.7 Å². The zero-order valence-electron chi connectivity index (χ0n) is 7.49. The third-order valence-corrected chi connectivity index (χ3v) is 1.98. The van der Waals surface area contributed by atoms with E-state index in [4.69, 9.17) is 17.3 Å². The first-order chi connectivity index (χ1) is 7.36. The number of amides is 1. The Morgan fingerprint density at radius 2 is 2.19 bits per heavy atom. The third-order valence-electron chi connectivity index (χ3n) is 1.70. The van der Waals surface area contributed by atoms with Crippen LogP contribution in [-0.4, -0.2) is 15.8 Å². The highest BCUT2D eigenvalue weighted by atomic mass is 35.5. The average molecular weight is 252 g/mol. The molecule has 6 nitrogen and oxygen atoms in total. The molecule has 1 amide bonds. The topological polar surface area (TPSA) is 99.1 Å². The van der Waals surface area contributed by atoms with Crippen LogP contribution < -0.4 is 5.73 Å². The van der Waals surface area contributed by atoms with Crippen molar-refractivity contribution in [1.82, 2.24) is 4.98 Å². The second-order valence-electron chi connectivity index (χ2n) is 2.65. The predicted molar refractivity (Wildman–Crippen MR) is 49.4 cm³/mol. The molecule has 1 rings (SSSR count). The molecule has 0 saturated carbocycles. The van der Waals surface area contributed by atoms with Crippen LogP contribution in [0.5, 0.6) is 0 Å².